The molecule has 3 aromatic rings. The molecule has 4 rings (SSSR count). The SMILES string of the molecule is CNCc1cc(N(C)C)nc([C@@H]2CCCN2C(=O)CCc2c[nH]c3ccccc23)n1. The molecule has 7 nitrogen and oxygen atoms in total. The van der Waals surface area contributed by atoms with Gasteiger partial charge in [-0.25, -0.2) is 9.97 Å². The molecule has 0 aliphatic carbocycles. The third kappa shape index (κ3) is 4.16. The lowest BCUT2D eigenvalue weighted by atomic mass is 10.1. The van der Waals surface area contributed by atoms with Crippen LogP contribution in [-0.4, -0.2) is 53.4 Å². The molecular formula is C23H30N6O. The average molecular weight is 407 g/mol. The van der Waals surface area contributed by atoms with E-state index < -0.39 is 0 Å². The summed E-state index contributed by atoms with van der Waals surface area (Å²) in [5.74, 6) is 1.81. The van der Waals surface area contributed by atoms with Gasteiger partial charge >= 0.3 is 0 Å². The van der Waals surface area contributed by atoms with Gasteiger partial charge in [0.25, 0.3) is 0 Å². The van der Waals surface area contributed by atoms with Crippen molar-refractivity contribution in [2.24, 2.45) is 0 Å². The van der Waals surface area contributed by atoms with Crippen molar-refractivity contribution >= 4 is 22.6 Å². The van der Waals surface area contributed by atoms with Crippen molar-refractivity contribution in [2.45, 2.75) is 38.3 Å². The van der Waals surface area contributed by atoms with Crippen LogP contribution in [0.4, 0.5) is 5.82 Å². The van der Waals surface area contributed by atoms with E-state index in [0.717, 1.165) is 48.7 Å². The fourth-order valence-electron chi connectivity index (χ4n) is 4.21. The van der Waals surface area contributed by atoms with E-state index in [9.17, 15) is 4.79 Å². The molecule has 1 saturated heterocycles. The Kier molecular flexibility index (Phi) is 5.99. The maximum absolute atomic E-state index is 13.1. The smallest absolute Gasteiger partial charge is 0.223 e. The molecule has 30 heavy (non-hydrogen) atoms. The van der Waals surface area contributed by atoms with E-state index in [1.165, 1.54) is 10.9 Å². The zero-order valence-corrected chi connectivity index (χ0v) is 18.0. The average Bonchev–Trinajstić information content (AvgIpc) is 3.39. The van der Waals surface area contributed by atoms with Gasteiger partial charge in [-0.05, 0) is 37.9 Å². The maximum Gasteiger partial charge on any atom is 0.223 e. The molecule has 1 amide bonds. The molecule has 3 heterocycles. The standard InChI is InChI=1S/C23H30N6O/c1-24-15-17-13-21(28(2)3)27-23(26-17)20-9-6-12-29(20)22(30)11-10-16-14-25-19-8-5-4-7-18(16)19/h4-5,7-8,13-14,20,24-25H,6,9-12,15H2,1-3H3/t20-/m0/s1. The third-order valence-corrected chi connectivity index (χ3v) is 5.75. The van der Waals surface area contributed by atoms with Crippen molar-refractivity contribution < 1.29 is 4.79 Å². The number of H-pyrrole nitrogens is 1. The molecule has 0 spiro atoms. The van der Waals surface area contributed by atoms with E-state index in [1.807, 2.05) is 55.3 Å². The number of nitrogens with zero attached hydrogens (tertiary/aromatic N) is 4. The first kappa shape index (κ1) is 20.3. The maximum atomic E-state index is 13.1. The number of rotatable bonds is 7. The topological polar surface area (TPSA) is 77.1 Å². The van der Waals surface area contributed by atoms with Gasteiger partial charge in [-0.15, -0.1) is 0 Å². The number of aromatic amines is 1. The summed E-state index contributed by atoms with van der Waals surface area (Å²) >= 11 is 0. The molecule has 7 heteroatoms. The number of aryl methyl sites for hydroxylation is 1. The Labute approximate surface area is 177 Å². The number of para-hydroxylation sites is 1. The number of anilines is 1. The van der Waals surface area contributed by atoms with E-state index in [1.54, 1.807) is 0 Å². The first-order valence-corrected chi connectivity index (χ1v) is 10.6. The summed E-state index contributed by atoms with van der Waals surface area (Å²) in [6.07, 6.45) is 5.15. The van der Waals surface area contributed by atoms with Gasteiger partial charge in [-0.3, -0.25) is 4.79 Å². The number of nitrogens with one attached hydrogen (secondary N) is 2. The molecule has 1 fully saturated rings. The summed E-state index contributed by atoms with van der Waals surface area (Å²) in [4.78, 5) is 29.9. The highest BCUT2D eigenvalue weighted by molar-refractivity contribution is 5.84. The van der Waals surface area contributed by atoms with Gasteiger partial charge in [-0.2, -0.15) is 0 Å². The summed E-state index contributed by atoms with van der Waals surface area (Å²) in [6.45, 7) is 1.45. The van der Waals surface area contributed by atoms with Crippen LogP contribution < -0.4 is 10.2 Å². The number of hydrogen-bond acceptors (Lipinski definition) is 5. The Hall–Kier alpha value is -2.93. The molecule has 158 valence electrons. The number of carbonyl (C=O) groups is 1. The summed E-state index contributed by atoms with van der Waals surface area (Å²) < 4.78 is 0. The first-order valence-electron chi connectivity index (χ1n) is 10.6. The highest BCUT2D eigenvalue weighted by Gasteiger charge is 2.32. The lowest BCUT2D eigenvalue weighted by molar-refractivity contribution is -0.132. The van der Waals surface area contributed by atoms with E-state index >= 15 is 0 Å². The van der Waals surface area contributed by atoms with Crippen LogP contribution in [-0.2, 0) is 17.8 Å². The minimum Gasteiger partial charge on any atom is -0.363 e. The number of fused-ring (bicyclic) bond motifs is 1. The van der Waals surface area contributed by atoms with Crippen molar-refractivity contribution in [3.63, 3.8) is 0 Å². The predicted octanol–water partition coefficient (Wildman–Crippen LogP) is 3.04. The first-order chi connectivity index (χ1) is 14.6. The van der Waals surface area contributed by atoms with Gasteiger partial charge in [0.05, 0.1) is 11.7 Å². The Balaban J connectivity index is 1.51. The number of likely N-dealkylation sites (tertiary alicyclic amines) is 1. The van der Waals surface area contributed by atoms with E-state index in [4.69, 9.17) is 9.97 Å². The highest BCUT2D eigenvalue weighted by atomic mass is 16.2. The fourth-order valence-corrected chi connectivity index (χ4v) is 4.21. The van der Waals surface area contributed by atoms with Crippen LogP contribution in [0.3, 0.4) is 0 Å². The molecule has 0 bridgehead atoms. The second-order valence-electron chi connectivity index (χ2n) is 8.11. The van der Waals surface area contributed by atoms with E-state index in [-0.39, 0.29) is 11.9 Å². The van der Waals surface area contributed by atoms with Crippen LogP contribution in [0, 0.1) is 0 Å². The molecule has 0 saturated carbocycles. The fraction of sp³-hybridized carbons (Fsp3) is 0.435. The Bertz CT molecular complexity index is 1030. The molecule has 2 N–H and O–H groups in total. The molecule has 1 atom stereocenters. The van der Waals surface area contributed by atoms with Gasteiger partial charge < -0.3 is 20.1 Å². The van der Waals surface area contributed by atoms with Crippen LogP contribution in [0.2, 0.25) is 0 Å². The zero-order valence-electron chi connectivity index (χ0n) is 18.0. The van der Waals surface area contributed by atoms with Crippen molar-refractivity contribution in [3.8, 4) is 0 Å². The number of hydrogen-bond donors (Lipinski definition) is 2. The van der Waals surface area contributed by atoms with Gasteiger partial charge in [0, 0.05) is 56.8 Å². The van der Waals surface area contributed by atoms with Crippen molar-refractivity contribution in [1.29, 1.82) is 0 Å². The van der Waals surface area contributed by atoms with Gasteiger partial charge in [-0.1, -0.05) is 18.2 Å². The predicted molar refractivity (Wildman–Crippen MR) is 119 cm³/mol. The van der Waals surface area contributed by atoms with Crippen molar-refractivity contribution in [2.75, 3.05) is 32.6 Å². The molecule has 2 aromatic heterocycles. The third-order valence-electron chi connectivity index (χ3n) is 5.75. The highest BCUT2D eigenvalue weighted by Crippen LogP contribution is 2.32. The lowest BCUT2D eigenvalue weighted by Crippen LogP contribution is -2.32. The Morgan fingerprint density at radius 2 is 2.13 bits per heavy atom. The quantitative estimate of drug-likeness (QED) is 0.631. The van der Waals surface area contributed by atoms with Crippen molar-refractivity contribution in [3.05, 3.63) is 53.6 Å². The monoisotopic (exact) mass is 406 g/mol. The van der Waals surface area contributed by atoms with Crippen LogP contribution in [0.1, 0.15) is 42.4 Å². The van der Waals surface area contributed by atoms with Crippen LogP contribution in [0.25, 0.3) is 10.9 Å². The zero-order chi connectivity index (χ0) is 21.1. The summed E-state index contributed by atoms with van der Waals surface area (Å²) in [7, 11) is 5.87. The second-order valence-corrected chi connectivity index (χ2v) is 8.11. The van der Waals surface area contributed by atoms with Gasteiger partial charge in [0.1, 0.15) is 5.82 Å². The van der Waals surface area contributed by atoms with Crippen LogP contribution >= 0.6 is 0 Å². The molecule has 1 aliphatic heterocycles. The molecular weight excluding hydrogens is 376 g/mol. The second kappa shape index (κ2) is 8.83. The minimum atomic E-state index is -0.0454. The van der Waals surface area contributed by atoms with Crippen LogP contribution in [0.15, 0.2) is 36.5 Å². The molecule has 0 radical (unpaired) electrons. The number of carbonyl (C=O) groups excluding carboxylic acids is 1. The number of aromatic nitrogens is 3. The normalized spacial score (nSPS) is 16.4. The lowest BCUT2D eigenvalue weighted by Gasteiger charge is -2.25. The molecule has 0 unspecified atom stereocenters. The van der Waals surface area contributed by atoms with E-state index in [0.29, 0.717) is 13.0 Å². The van der Waals surface area contributed by atoms with Gasteiger partial charge in [0.15, 0.2) is 5.82 Å². The van der Waals surface area contributed by atoms with E-state index in [2.05, 4.69) is 22.4 Å². The largest absolute Gasteiger partial charge is 0.363 e. The molecule has 1 aromatic carbocycles. The summed E-state index contributed by atoms with van der Waals surface area (Å²) in [6, 6.07) is 10.2. The number of benzene rings is 1. The Morgan fingerprint density at radius 3 is 2.93 bits per heavy atom. The van der Waals surface area contributed by atoms with Crippen LogP contribution in [0.5, 0.6) is 0 Å². The summed E-state index contributed by atoms with van der Waals surface area (Å²) in [5.41, 5.74) is 3.26. The Morgan fingerprint density at radius 1 is 1.30 bits per heavy atom. The number of amides is 1. The summed E-state index contributed by atoms with van der Waals surface area (Å²) in [5, 5.41) is 4.36. The van der Waals surface area contributed by atoms with Gasteiger partial charge in [0.2, 0.25) is 5.91 Å². The molecule has 1 aliphatic rings. The van der Waals surface area contributed by atoms with Crippen molar-refractivity contribution in [1.82, 2.24) is 25.2 Å². The minimum absolute atomic E-state index is 0.0454.